The van der Waals surface area contributed by atoms with Crippen molar-refractivity contribution in [2.24, 2.45) is 0 Å². The van der Waals surface area contributed by atoms with E-state index in [1.165, 1.54) is 128 Å². The number of ether oxygens (including phenoxy) is 3. The van der Waals surface area contributed by atoms with Gasteiger partial charge in [0.25, 0.3) is 0 Å². The standard InChI is InChI=1S/C66H112O6/c1-4-7-10-13-16-19-22-25-27-29-31-32-33-34-36-37-39-41-44-47-50-53-56-59-65(68)71-62-63(61-70-64(67)58-55-52-49-46-43-24-21-18-15-12-9-6-3)72-66(69)60-57-54-51-48-45-42-40-38-35-30-28-26-23-20-17-14-11-8-5-2/h8,11,17,20,22,25-26,28-29,31,33-35,38,42,45,63H,4-7,9-10,12-16,18-19,21,23-24,27,30,32,36-37,39-41,43-44,46-62H2,1-3H3/b11-8-,20-17-,25-22-,28-26-,31-29-,34-33-,38-35-,45-42-. The van der Waals surface area contributed by atoms with E-state index in [4.69, 9.17) is 14.2 Å². The number of hydrogen-bond donors (Lipinski definition) is 0. The van der Waals surface area contributed by atoms with E-state index in [-0.39, 0.29) is 37.5 Å². The molecule has 0 saturated heterocycles. The summed E-state index contributed by atoms with van der Waals surface area (Å²) >= 11 is 0. The van der Waals surface area contributed by atoms with Crippen molar-refractivity contribution in [3.05, 3.63) is 97.2 Å². The van der Waals surface area contributed by atoms with Gasteiger partial charge in [0.15, 0.2) is 6.10 Å². The van der Waals surface area contributed by atoms with Crippen LogP contribution in [0.5, 0.6) is 0 Å². The minimum Gasteiger partial charge on any atom is -0.462 e. The van der Waals surface area contributed by atoms with Gasteiger partial charge in [-0.2, -0.15) is 0 Å². The van der Waals surface area contributed by atoms with Crippen LogP contribution >= 0.6 is 0 Å². The van der Waals surface area contributed by atoms with E-state index in [1.54, 1.807) is 0 Å². The van der Waals surface area contributed by atoms with Gasteiger partial charge in [-0.3, -0.25) is 14.4 Å². The van der Waals surface area contributed by atoms with E-state index in [1.807, 2.05) is 0 Å². The van der Waals surface area contributed by atoms with Crippen LogP contribution in [0.2, 0.25) is 0 Å². The van der Waals surface area contributed by atoms with Crippen LogP contribution in [0.4, 0.5) is 0 Å². The molecule has 6 nitrogen and oxygen atoms in total. The topological polar surface area (TPSA) is 78.9 Å². The Morgan fingerprint density at radius 1 is 0.292 bits per heavy atom. The van der Waals surface area contributed by atoms with E-state index in [2.05, 4.69) is 118 Å². The SMILES string of the molecule is CC/C=C\C/C=C\C/C=C\C/C=C\C/C=C\CCCCCC(=O)OC(COC(=O)CCCCCCCCCC/C=C\C/C=C\C/C=C\CCCCCCC)COC(=O)CCCCCCCCCCCCCC. The molecule has 0 rings (SSSR count). The number of esters is 3. The molecular weight excluding hydrogens is 889 g/mol. The zero-order valence-corrected chi connectivity index (χ0v) is 47.2. The largest absolute Gasteiger partial charge is 0.462 e. The van der Waals surface area contributed by atoms with Gasteiger partial charge >= 0.3 is 17.9 Å². The van der Waals surface area contributed by atoms with Gasteiger partial charge in [-0.05, 0) is 103 Å². The Bertz CT molecular complexity index is 1430. The zero-order chi connectivity index (χ0) is 52.2. The molecule has 0 N–H and O–H groups in total. The first kappa shape index (κ1) is 68.3. The number of rotatable bonds is 54. The van der Waals surface area contributed by atoms with Gasteiger partial charge in [-0.15, -0.1) is 0 Å². The highest BCUT2D eigenvalue weighted by Gasteiger charge is 2.19. The Labute approximate surface area is 445 Å². The summed E-state index contributed by atoms with van der Waals surface area (Å²) in [5.74, 6) is -0.926. The highest BCUT2D eigenvalue weighted by atomic mass is 16.6. The summed E-state index contributed by atoms with van der Waals surface area (Å²) in [6.45, 7) is 6.49. The summed E-state index contributed by atoms with van der Waals surface area (Å²) in [5, 5.41) is 0. The van der Waals surface area contributed by atoms with Crippen LogP contribution in [0, 0.1) is 0 Å². The Morgan fingerprint density at radius 3 is 0.861 bits per heavy atom. The van der Waals surface area contributed by atoms with Crippen LogP contribution in [-0.4, -0.2) is 37.2 Å². The van der Waals surface area contributed by atoms with E-state index >= 15 is 0 Å². The molecule has 0 bridgehead atoms. The normalized spacial score (nSPS) is 12.8. The van der Waals surface area contributed by atoms with Crippen LogP contribution in [0.25, 0.3) is 0 Å². The minimum absolute atomic E-state index is 0.0920. The zero-order valence-electron chi connectivity index (χ0n) is 47.2. The predicted molar refractivity (Wildman–Crippen MR) is 311 cm³/mol. The van der Waals surface area contributed by atoms with Crippen molar-refractivity contribution >= 4 is 17.9 Å². The predicted octanol–water partition coefficient (Wildman–Crippen LogP) is 20.5. The summed E-state index contributed by atoms with van der Waals surface area (Å²) in [6, 6.07) is 0. The smallest absolute Gasteiger partial charge is 0.306 e. The molecule has 0 radical (unpaired) electrons. The fourth-order valence-corrected chi connectivity index (χ4v) is 8.30. The molecule has 0 aromatic heterocycles. The third-order valence-corrected chi connectivity index (χ3v) is 12.8. The second kappa shape index (κ2) is 59.9. The van der Waals surface area contributed by atoms with Gasteiger partial charge in [-0.1, -0.05) is 259 Å². The molecule has 0 fully saturated rings. The summed E-state index contributed by atoms with van der Waals surface area (Å²) in [4.78, 5) is 38.2. The van der Waals surface area contributed by atoms with Gasteiger partial charge in [0.05, 0.1) is 0 Å². The minimum atomic E-state index is -0.798. The average molecular weight is 1000 g/mol. The van der Waals surface area contributed by atoms with Gasteiger partial charge < -0.3 is 14.2 Å². The Hall–Kier alpha value is -3.67. The summed E-state index contributed by atoms with van der Waals surface area (Å²) in [6.07, 6.45) is 79.7. The summed E-state index contributed by atoms with van der Waals surface area (Å²) in [7, 11) is 0. The molecule has 412 valence electrons. The molecule has 0 aliphatic rings. The van der Waals surface area contributed by atoms with Crippen molar-refractivity contribution in [3.8, 4) is 0 Å². The Balaban J connectivity index is 4.40. The molecule has 0 amide bonds. The van der Waals surface area contributed by atoms with Crippen LogP contribution in [0.1, 0.15) is 284 Å². The second-order valence-corrected chi connectivity index (χ2v) is 19.9. The van der Waals surface area contributed by atoms with Crippen molar-refractivity contribution < 1.29 is 28.6 Å². The molecule has 0 aliphatic heterocycles. The fraction of sp³-hybridized carbons (Fsp3) is 0.712. The lowest BCUT2D eigenvalue weighted by atomic mass is 10.0. The third-order valence-electron chi connectivity index (χ3n) is 12.8. The molecule has 72 heavy (non-hydrogen) atoms. The third kappa shape index (κ3) is 57.2. The molecule has 1 unspecified atom stereocenters. The maximum Gasteiger partial charge on any atom is 0.306 e. The lowest BCUT2D eigenvalue weighted by Gasteiger charge is -2.18. The van der Waals surface area contributed by atoms with Crippen molar-refractivity contribution in [3.63, 3.8) is 0 Å². The van der Waals surface area contributed by atoms with Gasteiger partial charge in [0.1, 0.15) is 13.2 Å². The average Bonchev–Trinajstić information content (AvgIpc) is 3.38. The maximum absolute atomic E-state index is 12.9. The Kier molecular flexibility index (Phi) is 56.8. The van der Waals surface area contributed by atoms with Crippen LogP contribution in [0.3, 0.4) is 0 Å². The van der Waals surface area contributed by atoms with Crippen LogP contribution < -0.4 is 0 Å². The van der Waals surface area contributed by atoms with Crippen LogP contribution in [0.15, 0.2) is 97.2 Å². The maximum atomic E-state index is 12.9. The first-order chi connectivity index (χ1) is 35.5. The number of allylic oxidation sites excluding steroid dienone is 16. The highest BCUT2D eigenvalue weighted by Crippen LogP contribution is 2.15. The fourth-order valence-electron chi connectivity index (χ4n) is 8.30. The van der Waals surface area contributed by atoms with E-state index in [9.17, 15) is 14.4 Å². The van der Waals surface area contributed by atoms with E-state index in [0.29, 0.717) is 12.8 Å². The number of unbranched alkanes of at least 4 members (excludes halogenated alkanes) is 27. The Morgan fingerprint density at radius 2 is 0.542 bits per heavy atom. The number of carbonyl (C=O) groups is 3. The molecule has 1 atom stereocenters. The highest BCUT2D eigenvalue weighted by molar-refractivity contribution is 5.71. The molecule has 0 spiro atoms. The number of hydrogen-bond acceptors (Lipinski definition) is 6. The molecule has 0 aromatic carbocycles. The number of carbonyl (C=O) groups excluding carboxylic acids is 3. The van der Waals surface area contributed by atoms with Gasteiger partial charge in [0, 0.05) is 19.3 Å². The molecule has 0 heterocycles. The first-order valence-corrected chi connectivity index (χ1v) is 30.2. The van der Waals surface area contributed by atoms with Crippen molar-refractivity contribution in [2.75, 3.05) is 13.2 Å². The molecule has 0 saturated carbocycles. The van der Waals surface area contributed by atoms with Crippen molar-refractivity contribution in [2.45, 2.75) is 290 Å². The van der Waals surface area contributed by atoms with Crippen molar-refractivity contribution in [1.82, 2.24) is 0 Å². The molecule has 0 aliphatic carbocycles. The van der Waals surface area contributed by atoms with E-state index in [0.717, 1.165) is 116 Å². The summed E-state index contributed by atoms with van der Waals surface area (Å²) < 4.78 is 16.9. The van der Waals surface area contributed by atoms with Crippen molar-refractivity contribution in [1.29, 1.82) is 0 Å². The lowest BCUT2D eigenvalue weighted by molar-refractivity contribution is -0.167. The van der Waals surface area contributed by atoms with Crippen LogP contribution in [-0.2, 0) is 28.6 Å². The molecule has 0 aromatic rings. The summed E-state index contributed by atoms with van der Waals surface area (Å²) in [5.41, 5.74) is 0. The molecular formula is C66H112O6. The molecule has 6 heteroatoms. The lowest BCUT2D eigenvalue weighted by Crippen LogP contribution is -2.30. The quantitative estimate of drug-likeness (QED) is 0.0261. The van der Waals surface area contributed by atoms with Gasteiger partial charge in [0.2, 0.25) is 0 Å². The van der Waals surface area contributed by atoms with Gasteiger partial charge in [-0.25, -0.2) is 0 Å². The second-order valence-electron chi connectivity index (χ2n) is 19.9. The van der Waals surface area contributed by atoms with E-state index < -0.39 is 6.10 Å². The monoisotopic (exact) mass is 1000 g/mol. The first-order valence-electron chi connectivity index (χ1n) is 30.2.